The van der Waals surface area contributed by atoms with E-state index in [2.05, 4.69) is 4.90 Å². The van der Waals surface area contributed by atoms with E-state index in [1.54, 1.807) is 35.0 Å². The third-order valence-corrected chi connectivity index (χ3v) is 7.80. The third-order valence-electron chi connectivity index (χ3n) is 7.25. The SMILES string of the molecule is Cc1nn(-c2ccc(F)cc2)c2nc(Cc3ccccc3)nc(N3CCCN(C(=O)c4ccc(Cl)cc4Cl)CC3)c12. The Balaban J connectivity index is 1.37. The van der Waals surface area contributed by atoms with Gasteiger partial charge in [-0.2, -0.15) is 5.10 Å². The van der Waals surface area contributed by atoms with Gasteiger partial charge in [-0.1, -0.05) is 53.5 Å². The van der Waals surface area contributed by atoms with Gasteiger partial charge in [-0.05, 0) is 61.4 Å². The summed E-state index contributed by atoms with van der Waals surface area (Å²) in [6.45, 7) is 4.31. The maximum Gasteiger partial charge on any atom is 0.255 e. The minimum atomic E-state index is -0.314. The van der Waals surface area contributed by atoms with Crippen molar-refractivity contribution >= 4 is 46.0 Å². The van der Waals surface area contributed by atoms with Crippen LogP contribution in [0.4, 0.5) is 10.2 Å². The largest absolute Gasteiger partial charge is 0.354 e. The van der Waals surface area contributed by atoms with E-state index < -0.39 is 0 Å². The molecule has 2 aromatic heterocycles. The highest BCUT2D eigenvalue weighted by Crippen LogP contribution is 2.31. The van der Waals surface area contributed by atoms with Gasteiger partial charge in [0, 0.05) is 37.6 Å². The number of fused-ring (bicyclic) bond motifs is 1. The predicted molar refractivity (Wildman–Crippen MR) is 160 cm³/mol. The van der Waals surface area contributed by atoms with Crippen LogP contribution in [-0.4, -0.2) is 56.7 Å². The minimum Gasteiger partial charge on any atom is -0.354 e. The molecule has 0 spiro atoms. The Bertz CT molecular complexity index is 1720. The highest BCUT2D eigenvalue weighted by Gasteiger charge is 2.26. The highest BCUT2D eigenvalue weighted by atomic mass is 35.5. The lowest BCUT2D eigenvalue weighted by atomic mass is 10.1. The van der Waals surface area contributed by atoms with Crippen molar-refractivity contribution in [2.75, 3.05) is 31.1 Å². The number of amides is 1. The van der Waals surface area contributed by atoms with Crippen molar-refractivity contribution in [3.63, 3.8) is 0 Å². The van der Waals surface area contributed by atoms with E-state index in [1.165, 1.54) is 12.1 Å². The molecule has 3 aromatic carbocycles. The van der Waals surface area contributed by atoms with Crippen molar-refractivity contribution < 1.29 is 9.18 Å². The molecule has 1 saturated heterocycles. The molecule has 1 amide bonds. The second-order valence-electron chi connectivity index (χ2n) is 10.1. The smallest absolute Gasteiger partial charge is 0.255 e. The van der Waals surface area contributed by atoms with E-state index in [0.29, 0.717) is 65.4 Å². The second-order valence-corrected chi connectivity index (χ2v) is 10.9. The number of nitrogens with zero attached hydrogens (tertiary/aromatic N) is 6. The van der Waals surface area contributed by atoms with Gasteiger partial charge in [0.25, 0.3) is 5.91 Å². The van der Waals surface area contributed by atoms with Crippen LogP contribution in [0.2, 0.25) is 10.0 Å². The minimum absolute atomic E-state index is 0.119. The third kappa shape index (κ3) is 5.62. The van der Waals surface area contributed by atoms with Crippen LogP contribution in [0.3, 0.4) is 0 Å². The molecule has 208 valence electrons. The lowest BCUT2D eigenvalue weighted by Gasteiger charge is -2.24. The summed E-state index contributed by atoms with van der Waals surface area (Å²) in [6.07, 6.45) is 1.30. The topological polar surface area (TPSA) is 67.2 Å². The molecule has 3 heterocycles. The standard InChI is InChI=1S/C31H27Cl2FN6O/c1-20-28-29(38-14-5-15-39(17-16-38)31(41)25-13-8-22(32)19-26(25)33)35-27(18-21-6-3-2-4-7-21)36-30(28)40(37-20)24-11-9-23(34)10-12-24/h2-4,6-13,19H,5,14-18H2,1H3. The van der Waals surface area contributed by atoms with Crippen LogP contribution in [-0.2, 0) is 6.42 Å². The lowest BCUT2D eigenvalue weighted by molar-refractivity contribution is 0.0767. The molecule has 1 aliphatic heterocycles. The van der Waals surface area contributed by atoms with Crippen LogP contribution >= 0.6 is 23.2 Å². The number of hydrogen-bond donors (Lipinski definition) is 0. The fourth-order valence-corrected chi connectivity index (χ4v) is 5.71. The Hall–Kier alpha value is -4.01. The van der Waals surface area contributed by atoms with Gasteiger partial charge in [0.1, 0.15) is 17.5 Å². The summed E-state index contributed by atoms with van der Waals surface area (Å²) in [6, 6.07) is 21.2. The molecular weight excluding hydrogens is 562 g/mol. The summed E-state index contributed by atoms with van der Waals surface area (Å²) >= 11 is 12.4. The van der Waals surface area contributed by atoms with Gasteiger partial charge in [-0.15, -0.1) is 0 Å². The summed E-state index contributed by atoms with van der Waals surface area (Å²) in [5, 5.41) is 6.46. The van der Waals surface area contributed by atoms with Gasteiger partial charge >= 0.3 is 0 Å². The summed E-state index contributed by atoms with van der Waals surface area (Å²) in [5.41, 5.74) is 3.68. The van der Waals surface area contributed by atoms with Crippen LogP contribution in [0.5, 0.6) is 0 Å². The maximum absolute atomic E-state index is 13.7. The molecule has 7 nitrogen and oxygen atoms in total. The average Bonchev–Trinajstić information content (AvgIpc) is 3.13. The van der Waals surface area contributed by atoms with Crippen LogP contribution in [0, 0.1) is 12.7 Å². The van der Waals surface area contributed by atoms with Crippen molar-refractivity contribution in [3.8, 4) is 5.69 Å². The Morgan fingerprint density at radius 1 is 0.927 bits per heavy atom. The first-order valence-corrected chi connectivity index (χ1v) is 14.2. The zero-order valence-corrected chi connectivity index (χ0v) is 23.9. The van der Waals surface area contributed by atoms with Crippen molar-refractivity contribution in [2.24, 2.45) is 0 Å². The molecule has 1 aliphatic rings. The van der Waals surface area contributed by atoms with Gasteiger partial charge in [0.2, 0.25) is 0 Å². The normalized spacial score (nSPS) is 14.0. The molecule has 5 aromatic rings. The van der Waals surface area contributed by atoms with Gasteiger partial charge in [0.15, 0.2) is 5.65 Å². The van der Waals surface area contributed by atoms with E-state index in [1.807, 2.05) is 42.2 Å². The number of benzene rings is 3. The van der Waals surface area contributed by atoms with E-state index in [9.17, 15) is 9.18 Å². The first-order valence-electron chi connectivity index (χ1n) is 13.4. The molecule has 0 aliphatic carbocycles. The molecule has 0 saturated carbocycles. The Morgan fingerprint density at radius 3 is 2.46 bits per heavy atom. The second kappa shape index (κ2) is 11.5. The first-order chi connectivity index (χ1) is 19.9. The number of hydrogen-bond acceptors (Lipinski definition) is 5. The van der Waals surface area contributed by atoms with E-state index >= 15 is 0 Å². The van der Waals surface area contributed by atoms with Crippen LogP contribution in [0.15, 0.2) is 72.8 Å². The van der Waals surface area contributed by atoms with Gasteiger partial charge in [-0.25, -0.2) is 19.0 Å². The fraction of sp³-hybridized carbons (Fsp3) is 0.226. The summed E-state index contributed by atoms with van der Waals surface area (Å²) in [7, 11) is 0. The monoisotopic (exact) mass is 588 g/mol. The number of halogens is 3. The quantitative estimate of drug-likeness (QED) is 0.234. The number of rotatable bonds is 5. The molecule has 6 rings (SSSR count). The molecular formula is C31H27Cl2FN6O. The van der Waals surface area contributed by atoms with Crippen molar-refractivity contribution in [1.29, 1.82) is 0 Å². The van der Waals surface area contributed by atoms with Crippen molar-refractivity contribution in [1.82, 2.24) is 24.6 Å². The first kappa shape index (κ1) is 27.2. The average molecular weight is 590 g/mol. The highest BCUT2D eigenvalue weighted by molar-refractivity contribution is 6.36. The summed E-state index contributed by atoms with van der Waals surface area (Å²) in [4.78, 5) is 27.4. The summed E-state index contributed by atoms with van der Waals surface area (Å²) < 4.78 is 15.5. The number of aromatic nitrogens is 4. The molecule has 0 atom stereocenters. The number of aryl methyl sites for hydroxylation is 1. The molecule has 0 radical (unpaired) electrons. The van der Waals surface area contributed by atoms with E-state index in [4.69, 9.17) is 38.3 Å². The van der Waals surface area contributed by atoms with E-state index in [0.717, 1.165) is 28.9 Å². The van der Waals surface area contributed by atoms with Gasteiger partial charge in [0.05, 0.1) is 27.4 Å². The lowest BCUT2D eigenvalue weighted by Crippen LogP contribution is -2.35. The van der Waals surface area contributed by atoms with E-state index in [-0.39, 0.29) is 11.7 Å². The zero-order chi connectivity index (χ0) is 28.5. The Kier molecular flexibility index (Phi) is 7.60. The number of carbonyl (C=O) groups excluding carboxylic acids is 1. The molecule has 1 fully saturated rings. The van der Waals surface area contributed by atoms with Crippen molar-refractivity contribution in [2.45, 2.75) is 19.8 Å². The Labute approximate surface area is 247 Å². The molecule has 0 unspecified atom stereocenters. The molecule has 0 N–H and O–H groups in total. The van der Waals surface area contributed by atoms with Crippen molar-refractivity contribution in [3.05, 3.63) is 111 Å². The van der Waals surface area contributed by atoms with Crippen LogP contribution in [0.1, 0.15) is 33.9 Å². The molecule has 0 bridgehead atoms. The molecule has 41 heavy (non-hydrogen) atoms. The molecule has 10 heteroatoms. The van der Waals surface area contributed by atoms with Gasteiger partial charge < -0.3 is 9.80 Å². The number of anilines is 1. The zero-order valence-electron chi connectivity index (χ0n) is 22.4. The van der Waals surface area contributed by atoms with Crippen LogP contribution < -0.4 is 4.90 Å². The fourth-order valence-electron chi connectivity index (χ4n) is 5.22. The maximum atomic E-state index is 13.7. The Morgan fingerprint density at radius 2 is 1.71 bits per heavy atom. The van der Waals surface area contributed by atoms with Crippen LogP contribution in [0.25, 0.3) is 16.7 Å². The predicted octanol–water partition coefficient (Wildman–Crippen LogP) is 6.51. The summed E-state index contributed by atoms with van der Waals surface area (Å²) in [5.74, 6) is 1.01. The number of carbonyl (C=O) groups is 1. The van der Waals surface area contributed by atoms with Gasteiger partial charge in [-0.3, -0.25) is 4.79 Å².